The molecule has 0 unspecified atom stereocenters. The first kappa shape index (κ1) is 14.7. The zero-order valence-corrected chi connectivity index (χ0v) is 13.0. The number of hydrogen-bond donors (Lipinski definition) is 1. The van der Waals surface area contributed by atoms with Crippen LogP contribution in [0.2, 0.25) is 0 Å². The zero-order valence-electron chi connectivity index (χ0n) is 10.5. The molecule has 1 N–H and O–H groups in total. The third-order valence-corrected chi connectivity index (χ3v) is 5.31. The molecule has 1 fully saturated rings. The summed E-state index contributed by atoms with van der Waals surface area (Å²) in [7, 11) is -2.79. The van der Waals surface area contributed by atoms with Gasteiger partial charge in [-0.2, -0.15) is 0 Å². The molecule has 0 spiro atoms. The van der Waals surface area contributed by atoms with Gasteiger partial charge in [-0.3, -0.25) is 4.99 Å². The van der Waals surface area contributed by atoms with Crippen LogP contribution in [0.1, 0.15) is 12.0 Å². The molecule has 0 aromatic heterocycles. The van der Waals surface area contributed by atoms with Gasteiger partial charge in [0.15, 0.2) is 9.84 Å². The van der Waals surface area contributed by atoms with Gasteiger partial charge in [0.1, 0.15) is 0 Å². The van der Waals surface area contributed by atoms with Crippen molar-refractivity contribution in [2.45, 2.75) is 12.5 Å². The van der Waals surface area contributed by atoms with Crippen LogP contribution in [0.3, 0.4) is 0 Å². The van der Waals surface area contributed by atoms with E-state index in [9.17, 15) is 8.42 Å². The first-order valence-corrected chi connectivity index (χ1v) is 8.86. The minimum Gasteiger partial charge on any atom is -0.311 e. The third kappa shape index (κ3) is 5.04. The van der Waals surface area contributed by atoms with Crippen LogP contribution in [0.25, 0.3) is 0 Å². The predicted octanol–water partition coefficient (Wildman–Crippen LogP) is 1.64. The molecular weight excluding hydrogens is 328 g/mol. The maximum absolute atomic E-state index is 11.3. The van der Waals surface area contributed by atoms with E-state index in [4.69, 9.17) is 0 Å². The molecule has 2 rings (SSSR count). The summed E-state index contributed by atoms with van der Waals surface area (Å²) in [5.74, 6) is 0.580. The molecule has 1 aromatic rings. The molecule has 0 saturated carbocycles. The van der Waals surface area contributed by atoms with Crippen molar-refractivity contribution in [3.05, 3.63) is 34.3 Å². The fourth-order valence-electron chi connectivity index (χ4n) is 2.01. The van der Waals surface area contributed by atoms with E-state index in [1.807, 2.05) is 30.5 Å². The van der Waals surface area contributed by atoms with Crippen LogP contribution in [0, 0.1) is 0 Å². The van der Waals surface area contributed by atoms with Gasteiger partial charge in [0.05, 0.1) is 18.1 Å². The van der Waals surface area contributed by atoms with Crippen molar-refractivity contribution in [1.82, 2.24) is 5.32 Å². The average Bonchev–Trinajstić information content (AvgIpc) is 2.71. The number of halogens is 1. The SMILES string of the molecule is O=S1(=O)CC[C@H](NCCN=Cc2ccc(Br)cc2)C1. The van der Waals surface area contributed by atoms with Crippen LogP contribution >= 0.6 is 15.9 Å². The molecule has 1 saturated heterocycles. The van der Waals surface area contributed by atoms with Crippen molar-refractivity contribution in [2.24, 2.45) is 4.99 Å². The van der Waals surface area contributed by atoms with Gasteiger partial charge in [-0.05, 0) is 24.1 Å². The summed E-state index contributed by atoms with van der Waals surface area (Å²) in [6.07, 6.45) is 2.55. The van der Waals surface area contributed by atoms with Gasteiger partial charge in [0.2, 0.25) is 0 Å². The Morgan fingerprint density at radius 3 is 2.74 bits per heavy atom. The summed E-state index contributed by atoms with van der Waals surface area (Å²) < 4.78 is 23.6. The maximum Gasteiger partial charge on any atom is 0.151 e. The van der Waals surface area contributed by atoms with Gasteiger partial charge in [-0.1, -0.05) is 28.1 Å². The second-order valence-electron chi connectivity index (χ2n) is 4.64. The topological polar surface area (TPSA) is 58.5 Å². The fourth-order valence-corrected chi connectivity index (χ4v) is 3.98. The number of rotatable bonds is 5. The summed E-state index contributed by atoms with van der Waals surface area (Å²) in [4.78, 5) is 4.32. The maximum atomic E-state index is 11.3. The molecule has 0 amide bonds. The average molecular weight is 345 g/mol. The van der Waals surface area contributed by atoms with Gasteiger partial charge < -0.3 is 5.32 Å². The van der Waals surface area contributed by atoms with Gasteiger partial charge in [0.25, 0.3) is 0 Å². The minimum atomic E-state index is -2.79. The number of sulfone groups is 1. The largest absolute Gasteiger partial charge is 0.311 e. The highest BCUT2D eigenvalue weighted by Crippen LogP contribution is 2.11. The van der Waals surface area contributed by atoms with Crippen LogP contribution in [0.5, 0.6) is 0 Å². The highest BCUT2D eigenvalue weighted by molar-refractivity contribution is 9.10. The normalized spacial score (nSPS) is 22.1. The Bertz CT molecular complexity index is 540. The predicted molar refractivity (Wildman–Crippen MR) is 81.7 cm³/mol. The number of benzene rings is 1. The van der Waals surface area contributed by atoms with Gasteiger partial charge in [-0.15, -0.1) is 0 Å². The fraction of sp³-hybridized carbons (Fsp3) is 0.462. The zero-order chi connectivity index (χ0) is 13.7. The molecule has 1 heterocycles. The van der Waals surface area contributed by atoms with E-state index in [0.29, 0.717) is 18.8 Å². The van der Waals surface area contributed by atoms with Crippen LogP contribution in [0.15, 0.2) is 33.7 Å². The van der Waals surface area contributed by atoms with Crippen molar-refractivity contribution in [1.29, 1.82) is 0 Å². The van der Waals surface area contributed by atoms with Crippen molar-refractivity contribution in [3.8, 4) is 0 Å². The molecule has 1 aliphatic heterocycles. The van der Waals surface area contributed by atoms with E-state index in [2.05, 4.69) is 26.2 Å². The molecule has 0 aliphatic carbocycles. The van der Waals surface area contributed by atoms with E-state index in [0.717, 1.165) is 16.5 Å². The molecule has 1 aliphatic rings. The Kier molecular flexibility index (Phi) is 5.13. The Morgan fingerprint density at radius 2 is 2.11 bits per heavy atom. The molecule has 104 valence electrons. The van der Waals surface area contributed by atoms with Gasteiger partial charge in [0, 0.05) is 23.3 Å². The lowest BCUT2D eigenvalue weighted by molar-refractivity contribution is 0.561. The second-order valence-corrected chi connectivity index (χ2v) is 7.79. The van der Waals surface area contributed by atoms with Gasteiger partial charge >= 0.3 is 0 Å². The highest BCUT2D eigenvalue weighted by Gasteiger charge is 2.26. The number of aliphatic imine (C=N–C) groups is 1. The van der Waals surface area contributed by atoms with E-state index in [1.165, 1.54) is 0 Å². The van der Waals surface area contributed by atoms with E-state index >= 15 is 0 Å². The molecule has 4 nitrogen and oxygen atoms in total. The quantitative estimate of drug-likeness (QED) is 0.652. The number of hydrogen-bond acceptors (Lipinski definition) is 4. The van der Waals surface area contributed by atoms with Crippen molar-refractivity contribution in [3.63, 3.8) is 0 Å². The molecular formula is C13H17BrN2O2S. The van der Waals surface area contributed by atoms with E-state index in [-0.39, 0.29) is 11.8 Å². The first-order valence-electron chi connectivity index (χ1n) is 6.24. The third-order valence-electron chi connectivity index (χ3n) is 3.02. The summed E-state index contributed by atoms with van der Waals surface area (Å²) in [5, 5.41) is 3.23. The Labute approximate surface area is 122 Å². The summed E-state index contributed by atoms with van der Waals surface area (Å²) in [6.45, 7) is 1.37. The Balaban J connectivity index is 1.68. The van der Waals surface area contributed by atoms with Crippen LogP contribution in [-0.2, 0) is 9.84 Å². The van der Waals surface area contributed by atoms with E-state index < -0.39 is 9.84 Å². The lowest BCUT2D eigenvalue weighted by Crippen LogP contribution is -2.32. The monoisotopic (exact) mass is 344 g/mol. The summed E-state index contributed by atoms with van der Waals surface area (Å²) >= 11 is 3.38. The molecule has 6 heteroatoms. The molecule has 1 atom stereocenters. The van der Waals surface area contributed by atoms with Crippen molar-refractivity contribution >= 4 is 32.0 Å². The highest BCUT2D eigenvalue weighted by atomic mass is 79.9. The smallest absolute Gasteiger partial charge is 0.151 e. The van der Waals surface area contributed by atoms with Gasteiger partial charge in [-0.25, -0.2) is 8.42 Å². The lowest BCUT2D eigenvalue weighted by Gasteiger charge is -2.08. The minimum absolute atomic E-state index is 0.105. The molecule has 0 bridgehead atoms. The summed E-state index contributed by atoms with van der Waals surface area (Å²) in [5.41, 5.74) is 1.06. The van der Waals surface area contributed by atoms with Crippen molar-refractivity contribution in [2.75, 3.05) is 24.6 Å². The molecule has 1 aromatic carbocycles. The van der Waals surface area contributed by atoms with Crippen LogP contribution in [0.4, 0.5) is 0 Å². The van der Waals surface area contributed by atoms with Crippen LogP contribution in [-0.4, -0.2) is 45.3 Å². The molecule has 19 heavy (non-hydrogen) atoms. The second kappa shape index (κ2) is 6.63. The molecule has 0 radical (unpaired) electrons. The first-order chi connectivity index (χ1) is 9.05. The lowest BCUT2D eigenvalue weighted by atomic mass is 10.2. The van der Waals surface area contributed by atoms with E-state index in [1.54, 1.807) is 0 Å². The Hall–Kier alpha value is -0.720. The van der Waals surface area contributed by atoms with Crippen molar-refractivity contribution < 1.29 is 8.42 Å². The summed E-state index contributed by atoms with van der Waals surface area (Å²) in [6, 6.07) is 8.04. The number of nitrogens with zero attached hydrogens (tertiary/aromatic N) is 1. The standard InChI is InChI=1S/C13H17BrN2O2S/c14-12-3-1-11(2-4-12)9-15-6-7-16-13-5-8-19(17,18)10-13/h1-4,9,13,16H,5-8,10H2/t13-/m0/s1. The number of nitrogens with one attached hydrogen (secondary N) is 1. The van der Waals surface area contributed by atoms with Crippen LogP contribution < -0.4 is 5.32 Å². The Morgan fingerprint density at radius 1 is 1.37 bits per heavy atom.